The van der Waals surface area contributed by atoms with Crippen LogP contribution in [0.4, 0.5) is 5.82 Å². The molecule has 0 saturated carbocycles. The Hall–Kier alpha value is -4.53. The number of pyridine rings is 1. The van der Waals surface area contributed by atoms with Gasteiger partial charge < -0.3 is 5.73 Å². The molecule has 0 fully saturated rings. The molecular weight excluding hydrogens is 400 g/mol. The molecule has 0 atom stereocenters. The average Bonchev–Trinajstić information content (AvgIpc) is 3.17. The Labute approximate surface area is 174 Å². The fourth-order valence-electron chi connectivity index (χ4n) is 3.86. The molecule has 3 heterocycles. The summed E-state index contributed by atoms with van der Waals surface area (Å²) < 4.78 is 1.13. The number of hydrogen-bond donors (Lipinski definition) is 2. The summed E-state index contributed by atoms with van der Waals surface area (Å²) in [5.74, 6) is -2.18. The normalized spacial score (nSPS) is 14.6. The molecule has 2 aliphatic heterocycles. The standard InChI is InChI=1S/C22H14N4O5/c23-18-17-15(19(28)24-20(17)29)9-16(27)26(18)12-7-5-11(6-8-12)10-25-21(30)13-3-1-2-4-14(13)22(25)31/h1-9H,10,23H2,(H,24,28,29). The van der Waals surface area contributed by atoms with Crippen molar-refractivity contribution in [1.82, 2.24) is 14.8 Å². The number of imide groups is 2. The third-order valence-corrected chi connectivity index (χ3v) is 5.37. The minimum atomic E-state index is -0.660. The maximum Gasteiger partial charge on any atom is 0.262 e. The molecule has 152 valence electrons. The minimum Gasteiger partial charge on any atom is -0.384 e. The van der Waals surface area contributed by atoms with E-state index in [2.05, 4.69) is 5.32 Å². The van der Waals surface area contributed by atoms with E-state index in [1.54, 1.807) is 48.5 Å². The highest BCUT2D eigenvalue weighted by atomic mass is 16.2. The second kappa shape index (κ2) is 6.49. The number of rotatable bonds is 3. The van der Waals surface area contributed by atoms with E-state index < -0.39 is 17.4 Å². The number of nitrogens with two attached hydrogens (primary N) is 1. The number of amides is 4. The van der Waals surface area contributed by atoms with Crippen LogP contribution in [0.2, 0.25) is 0 Å². The summed E-state index contributed by atoms with van der Waals surface area (Å²) in [6, 6.07) is 14.2. The van der Waals surface area contributed by atoms with Gasteiger partial charge in [0.25, 0.3) is 29.2 Å². The highest BCUT2D eigenvalue weighted by molar-refractivity contribution is 6.23. The van der Waals surface area contributed by atoms with E-state index in [0.717, 1.165) is 15.5 Å². The van der Waals surface area contributed by atoms with Gasteiger partial charge in [-0.25, -0.2) is 0 Å². The van der Waals surface area contributed by atoms with Gasteiger partial charge in [-0.15, -0.1) is 0 Å². The third-order valence-electron chi connectivity index (χ3n) is 5.37. The van der Waals surface area contributed by atoms with Gasteiger partial charge in [-0.05, 0) is 29.8 Å². The van der Waals surface area contributed by atoms with Gasteiger partial charge in [0.2, 0.25) is 0 Å². The zero-order valence-corrected chi connectivity index (χ0v) is 15.9. The fourth-order valence-corrected chi connectivity index (χ4v) is 3.86. The SMILES string of the molecule is Nc1c2c(cc(=O)n1-c1ccc(CN3C(=O)c4ccccc4C3=O)cc1)C(=O)NC2=O. The Morgan fingerprint density at radius 1 is 0.774 bits per heavy atom. The van der Waals surface area contributed by atoms with Gasteiger partial charge in [0.05, 0.1) is 34.5 Å². The zero-order valence-electron chi connectivity index (χ0n) is 15.9. The number of aromatic nitrogens is 1. The van der Waals surface area contributed by atoms with Gasteiger partial charge in [0, 0.05) is 6.07 Å². The lowest BCUT2D eigenvalue weighted by Crippen LogP contribution is -2.29. The summed E-state index contributed by atoms with van der Waals surface area (Å²) in [6.45, 7) is 0.0676. The highest BCUT2D eigenvalue weighted by Crippen LogP contribution is 2.26. The van der Waals surface area contributed by atoms with E-state index in [0.29, 0.717) is 22.4 Å². The molecule has 2 aromatic carbocycles. The van der Waals surface area contributed by atoms with Gasteiger partial charge >= 0.3 is 0 Å². The third kappa shape index (κ3) is 2.67. The molecule has 3 aromatic rings. The largest absolute Gasteiger partial charge is 0.384 e. The molecule has 2 aliphatic rings. The van der Waals surface area contributed by atoms with Gasteiger partial charge in [-0.1, -0.05) is 24.3 Å². The molecule has 1 aromatic heterocycles. The molecule has 0 aliphatic carbocycles. The first-order valence-electron chi connectivity index (χ1n) is 9.32. The molecule has 0 bridgehead atoms. The highest BCUT2D eigenvalue weighted by Gasteiger charge is 2.35. The Kier molecular flexibility index (Phi) is 3.87. The first kappa shape index (κ1) is 18.5. The summed E-state index contributed by atoms with van der Waals surface area (Å²) in [6.07, 6.45) is 0. The van der Waals surface area contributed by atoms with E-state index in [9.17, 15) is 24.0 Å². The number of nitrogens with zero attached hydrogens (tertiary/aromatic N) is 2. The van der Waals surface area contributed by atoms with Crippen LogP contribution in [0.1, 0.15) is 47.0 Å². The molecule has 3 N–H and O–H groups in total. The number of anilines is 1. The Balaban J connectivity index is 1.46. The monoisotopic (exact) mass is 414 g/mol. The summed E-state index contributed by atoms with van der Waals surface area (Å²) in [4.78, 5) is 62.5. The molecule has 31 heavy (non-hydrogen) atoms. The van der Waals surface area contributed by atoms with E-state index in [-0.39, 0.29) is 35.3 Å². The summed E-state index contributed by atoms with van der Waals surface area (Å²) >= 11 is 0. The predicted octanol–water partition coefficient (Wildman–Crippen LogP) is 1.10. The Bertz CT molecular complexity index is 1350. The number of carbonyl (C=O) groups excluding carboxylic acids is 4. The van der Waals surface area contributed by atoms with Crippen LogP contribution in [-0.2, 0) is 6.54 Å². The number of benzene rings is 2. The van der Waals surface area contributed by atoms with Gasteiger partial charge in [-0.2, -0.15) is 0 Å². The summed E-state index contributed by atoms with van der Waals surface area (Å²) in [5, 5.41) is 2.11. The van der Waals surface area contributed by atoms with Crippen molar-refractivity contribution in [1.29, 1.82) is 0 Å². The minimum absolute atomic E-state index is 0.0419. The van der Waals surface area contributed by atoms with Crippen LogP contribution in [0.15, 0.2) is 59.4 Å². The lowest BCUT2D eigenvalue weighted by Gasteiger charge is -2.15. The number of fused-ring (bicyclic) bond motifs is 2. The molecular formula is C22H14N4O5. The van der Waals surface area contributed by atoms with E-state index in [1.165, 1.54) is 0 Å². The molecule has 9 heteroatoms. The topological polar surface area (TPSA) is 132 Å². The van der Waals surface area contributed by atoms with E-state index >= 15 is 0 Å². The second-order valence-corrected chi connectivity index (χ2v) is 7.18. The van der Waals surface area contributed by atoms with Crippen molar-refractivity contribution in [2.45, 2.75) is 6.54 Å². The number of hydrogen-bond acceptors (Lipinski definition) is 6. The first-order valence-corrected chi connectivity index (χ1v) is 9.32. The van der Waals surface area contributed by atoms with Crippen LogP contribution in [-0.4, -0.2) is 33.1 Å². The van der Waals surface area contributed by atoms with Crippen molar-refractivity contribution in [3.63, 3.8) is 0 Å². The van der Waals surface area contributed by atoms with Crippen molar-refractivity contribution in [3.8, 4) is 5.69 Å². The first-order chi connectivity index (χ1) is 14.9. The van der Waals surface area contributed by atoms with Crippen molar-refractivity contribution < 1.29 is 19.2 Å². The maximum atomic E-state index is 12.5. The van der Waals surface area contributed by atoms with Crippen LogP contribution in [0.5, 0.6) is 0 Å². The number of carbonyl (C=O) groups is 4. The maximum absolute atomic E-state index is 12.5. The number of nitrogens with one attached hydrogen (secondary N) is 1. The fraction of sp³-hybridized carbons (Fsp3) is 0.0455. The smallest absolute Gasteiger partial charge is 0.262 e. The molecule has 0 unspecified atom stereocenters. The van der Waals surface area contributed by atoms with Crippen LogP contribution < -0.4 is 16.6 Å². The average molecular weight is 414 g/mol. The lowest BCUT2D eigenvalue weighted by molar-refractivity contribution is 0.0641. The van der Waals surface area contributed by atoms with E-state index in [1.807, 2.05) is 0 Å². The molecule has 4 amide bonds. The van der Waals surface area contributed by atoms with Crippen molar-refractivity contribution in [2.75, 3.05) is 5.73 Å². The molecule has 9 nitrogen and oxygen atoms in total. The molecule has 0 radical (unpaired) electrons. The van der Waals surface area contributed by atoms with Gasteiger partial charge in [-0.3, -0.25) is 38.8 Å². The van der Waals surface area contributed by atoms with E-state index in [4.69, 9.17) is 5.73 Å². The zero-order chi connectivity index (χ0) is 21.9. The van der Waals surface area contributed by atoms with Crippen molar-refractivity contribution >= 4 is 29.4 Å². The van der Waals surface area contributed by atoms with Gasteiger partial charge in [0.1, 0.15) is 5.82 Å². The molecule has 0 saturated heterocycles. The van der Waals surface area contributed by atoms with Crippen LogP contribution in [0.25, 0.3) is 5.69 Å². The Morgan fingerprint density at radius 3 is 2.00 bits per heavy atom. The van der Waals surface area contributed by atoms with Crippen LogP contribution in [0, 0.1) is 0 Å². The second-order valence-electron chi connectivity index (χ2n) is 7.18. The molecule has 5 rings (SSSR count). The van der Waals surface area contributed by atoms with Gasteiger partial charge in [0.15, 0.2) is 0 Å². The van der Waals surface area contributed by atoms with Crippen LogP contribution in [0.3, 0.4) is 0 Å². The van der Waals surface area contributed by atoms with Crippen LogP contribution >= 0.6 is 0 Å². The van der Waals surface area contributed by atoms with Crippen molar-refractivity contribution in [3.05, 3.63) is 92.8 Å². The summed E-state index contributed by atoms with van der Waals surface area (Å²) in [5.41, 5.74) is 7.16. The summed E-state index contributed by atoms with van der Waals surface area (Å²) in [7, 11) is 0. The lowest BCUT2D eigenvalue weighted by atomic mass is 10.1. The number of nitrogen functional groups attached to an aromatic ring is 1. The Morgan fingerprint density at radius 2 is 1.39 bits per heavy atom. The quantitative estimate of drug-likeness (QED) is 0.617. The predicted molar refractivity (Wildman–Crippen MR) is 109 cm³/mol. The molecule has 0 spiro atoms. The van der Waals surface area contributed by atoms with Crippen molar-refractivity contribution in [2.24, 2.45) is 0 Å².